The summed E-state index contributed by atoms with van der Waals surface area (Å²) in [7, 11) is 0. The summed E-state index contributed by atoms with van der Waals surface area (Å²) < 4.78 is 6.70. The van der Waals surface area contributed by atoms with E-state index in [-0.39, 0.29) is 0 Å². The normalized spacial score (nSPS) is 12.7. The molecule has 0 fully saturated rings. The predicted octanol–water partition coefficient (Wildman–Crippen LogP) is 4.93. The Bertz CT molecular complexity index is 642. The third-order valence-electron chi connectivity index (χ3n) is 3.27. The molecule has 0 radical (unpaired) electrons. The van der Waals surface area contributed by atoms with Crippen LogP contribution >= 0.6 is 11.3 Å². The number of hydrogen-bond acceptors (Lipinski definition) is 3. The lowest BCUT2D eigenvalue weighted by Crippen LogP contribution is -2.15. The van der Waals surface area contributed by atoms with E-state index in [2.05, 4.69) is 41.9 Å². The number of nitrogens with one attached hydrogen (secondary N) is 1. The Morgan fingerprint density at radius 1 is 1.26 bits per heavy atom. The van der Waals surface area contributed by atoms with Gasteiger partial charge in [-0.25, -0.2) is 0 Å². The molecule has 0 saturated heterocycles. The minimum atomic E-state index is 0.432. The van der Waals surface area contributed by atoms with Crippen molar-refractivity contribution in [1.82, 2.24) is 0 Å². The first-order valence-electron chi connectivity index (χ1n) is 6.57. The molecule has 1 atom stereocenters. The maximum absolute atomic E-state index is 5.35. The molecule has 3 rings (SSSR count). The van der Waals surface area contributed by atoms with Crippen LogP contribution in [0.1, 0.15) is 19.1 Å². The summed E-state index contributed by atoms with van der Waals surface area (Å²) in [4.78, 5) is 0. The van der Waals surface area contributed by atoms with Crippen molar-refractivity contribution in [3.05, 3.63) is 53.8 Å². The summed E-state index contributed by atoms with van der Waals surface area (Å²) in [6.45, 7) is 2.21. The average Bonchev–Trinajstić information content (AvgIpc) is 3.07. The first-order chi connectivity index (χ1) is 9.31. The van der Waals surface area contributed by atoms with Crippen LogP contribution in [0.5, 0.6) is 0 Å². The van der Waals surface area contributed by atoms with Gasteiger partial charge in [0.05, 0.1) is 6.26 Å². The van der Waals surface area contributed by atoms with Crippen molar-refractivity contribution in [3.63, 3.8) is 0 Å². The molecule has 0 bridgehead atoms. The number of anilines is 1. The van der Waals surface area contributed by atoms with Gasteiger partial charge in [-0.1, -0.05) is 0 Å². The molecule has 3 aromatic rings. The van der Waals surface area contributed by atoms with E-state index in [1.54, 1.807) is 17.6 Å². The molecule has 2 heterocycles. The number of furan rings is 1. The lowest BCUT2D eigenvalue weighted by Gasteiger charge is -2.14. The standard InChI is InChI=1S/C16H17NOS/c1-12(4-6-15-3-2-9-18-15)17-14-5-7-16-13(11-14)8-10-19-16/h2-3,5,7-12,17H,4,6H2,1H3. The van der Waals surface area contributed by atoms with E-state index in [0.717, 1.165) is 18.6 Å². The van der Waals surface area contributed by atoms with Crippen LogP contribution in [-0.4, -0.2) is 6.04 Å². The fraction of sp³-hybridized carbons (Fsp3) is 0.250. The van der Waals surface area contributed by atoms with Crippen LogP contribution in [0.2, 0.25) is 0 Å². The fourth-order valence-electron chi connectivity index (χ4n) is 2.23. The van der Waals surface area contributed by atoms with Crippen LogP contribution in [0.4, 0.5) is 5.69 Å². The highest BCUT2D eigenvalue weighted by Gasteiger charge is 2.05. The maximum atomic E-state index is 5.35. The van der Waals surface area contributed by atoms with Crippen molar-refractivity contribution in [2.75, 3.05) is 5.32 Å². The van der Waals surface area contributed by atoms with Crippen LogP contribution in [-0.2, 0) is 6.42 Å². The summed E-state index contributed by atoms with van der Waals surface area (Å²) in [6.07, 6.45) is 3.77. The summed E-state index contributed by atoms with van der Waals surface area (Å²) >= 11 is 1.78. The monoisotopic (exact) mass is 271 g/mol. The highest BCUT2D eigenvalue weighted by molar-refractivity contribution is 7.17. The molecule has 1 N–H and O–H groups in total. The predicted molar refractivity (Wildman–Crippen MR) is 81.9 cm³/mol. The minimum absolute atomic E-state index is 0.432. The molecule has 2 aromatic heterocycles. The molecule has 0 spiro atoms. The largest absolute Gasteiger partial charge is 0.469 e. The quantitative estimate of drug-likeness (QED) is 0.712. The number of fused-ring (bicyclic) bond motifs is 1. The zero-order valence-electron chi connectivity index (χ0n) is 10.9. The van der Waals surface area contributed by atoms with Gasteiger partial charge < -0.3 is 9.73 Å². The molecule has 0 aliphatic heterocycles. The van der Waals surface area contributed by atoms with Crippen molar-refractivity contribution in [1.29, 1.82) is 0 Å². The van der Waals surface area contributed by atoms with Crippen molar-refractivity contribution in [2.24, 2.45) is 0 Å². The smallest absolute Gasteiger partial charge is 0.103 e. The third kappa shape index (κ3) is 2.99. The lowest BCUT2D eigenvalue weighted by atomic mass is 10.1. The van der Waals surface area contributed by atoms with Gasteiger partial charge in [-0.15, -0.1) is 11.3 Å². The van der Waals surface area contributed by atoms with Gasteiger partial charge >= 0.3 is 0 Å². The number of benzene rings is 1. The topological polar surface area (TPSA) is 25.2 Å². The van der Waals surface area contributed by atoms with Crippen molar-refractivity contribution < 1.29 is 4.42 Å². The summed E-state index contributed by atoms with van der Waals surface area (Å²) in [6, 6.07) is 13.1. The molecule has 0 saturated carbocycles. The number of hydrogen-bond donors (Lipinski definition) is 1. The maximum Gasteiger partial charge on any atom is 0.103 e. The molecule has 3 heteroatoms. The molecule has 1 aromatic carbocycles. The number of aryl methyl sites for hydroxylation is 1. The van der Waals surface area contributed by atoms with Gasteiger partial charge in [-0.05, 0) is 60.5 Å². The summed E-state index contributed by atoms with van der Waals surface area (Å²) in [5.74, 6) is 1.06. The molecular weight excluding hydrogens is 254 g/mol. The first-order valence-corrected chi connectivity index (χ1v) is 7.45. The fourth-order valence-corrected chi connectivity index (χ4v) is 3.00. The molecule has 0 aliphatic rings. The highest BCUT2D eigenvalue weighted by Crippen LogP contribution is 2.24. The van der Waals surface area contributed by atoms with Crippen LogP contribution in [0, 0.1) is 0 Å². The van der Waals surface area contributed by atoms with Crippen LogP contribution < -0.4 is 5.32 Å². The van der Waals surface area contributed by atoms with Crippen molar-refractivity contribution in [3.8, 4) is 0 Å². The van der Waals surface area contributed by atoms with Gasteiger partial charge in [0.25, 0.3) is 0 Å². The molecule has 0 aliphatic carbocycles. The highest BCUT2D eigenvalue weighted by atomic mass is 32.1. The van der Waals surface area contributed by atoms with E-state index in [1.807, 2.05) is 12.1 Å². The minimum Gasteiger partial charge on any atom is -0.469 e. The number of rotatable bonds is 5. The Kier molecular flexibility index (Phi) is 3.56. The Morgan fingerprint density at radius 3 is 3.05 bits per heavy atom. The second kappa shape index (κ2) is 5.49. The molecule has 19 heavy (non-hydrogen) atoms. The first kappa shape index (κ1) is 12.3. The molecule has 2 nitrogen and oxygen atoms in total. The molecule has 0 amide bonds. The van der Waals surface area contributed by atoms with Crippen LogP contribution in [0.3, 0.4) is 0 Å². The number of thiophene rings is 1. The zero-order valence-corrected chi connectivity index (χ0v) is 11.7. The van der Waals surface area contributed by atoms with Gasteiger partial charge in [0.2, 0.25) is 0 Å². The van der Waals surface area contributed by atoms with E-state index in [9.17, 15) is 0 Å². The van der Waals surface area contributed by atoms with Crippen molar-refractivity contribution >= 4 is 27.1 Å². The molecule has 98 valence electrons. The van der Waals surface area contributed by atoms with E-state index in [0.29, 0.717) is 6.04 Å². The van der Waals surface area contributed by atoms with E-state index < -0.39 is 0 Å². The van der Waals surface area contributed by atoms with Gasteiger partial charge in [0.15, 0.2) is 0 Å². The van der Waals surface area contributed by atoms with Crippen LogP contribution in [0.15, 0.2) is 52.5 Å². The van der Waals surface area contributed by atoms with Gasteiger partial charge in [-0.2, -0.15) is 0 Å². The molecule has 1 unspecified atom stereocenters. The van der Waals surface area contributed by atoms with E-state index in [1.165, 1.54) is 15.8 Å². The summed E-state index contributed by atoms with van der Waals surface area (Å²) in [5, 5.41) is 7.00. The second-order valence-electron chi connectivity index (χ2n) is 4.84. The second-order valence-corrected chi connectivity index (χ2v) is 5.78. The summed E-state index contributed by atoms with van der Waals surface area (Å²) in [5.41, 5.74) is 1.19. The van der Waals surface area contributed by atoms with Gasteiger partial charge in [0.1, 0.15) is 5.76 Å². The Labute approximate surface area is 117 Å². The van der Waals surface area contributed by atoms with Gasteiger partial charge in [0, 0.05) is 22.8 Å². The zero-order chi connectivity index (χ0) is 13.1. The van der Waals surface area contributed by atoms with E-state index >= 15 is 0 Å². The Hall–Kier alpha value is -1.74. The van der Waals surface area contributed by atoms with E-state index in [4.69, 9.17) is 4.42 Å². The lowest BCUT2D eigenvalue weighted by molar-refractivity contribution is 0.495. The SMILES string of the molecule is CC(CCc1ccco1)Nc1ccc2sccc2c1. The van der Waals surface area contributed by atoms with Crippen LogP contribution in [0.25, 0.3) is 10.1 Å². The molecular formula is C16H17NOS. The Balaban J connectivity index is 1.60. The average molecular weight is 271 g/mol. The van der Waals surface area contributed by atoms with Crippen molar-refractivity contribution in [2.45, 2.75) is 25.8 Å². The van der Waals surface area contributed by atoms with Gasteiger partial charge in [-0.3, -0.25) is 0 Å². The third-order valence-corrected chi connectivity index (χ3v) is 4.17. The Morgan fingerprint density at radius 2 is 2.21 bits per heavy atom.